The first kappa shape index (κ1) is 70.2. The number of hydrogen-bond donors (Lipinski definition) is 5. The molecule has 4 atom stereocenters. The van der Waals surface area contributed by atoms with E-state index in [0.29, 0.717) is 65.6 Å². The Morgan fingerprint density at radius 2 is 1.12 bits per heavy atom. The predicted octanol–water partition coefficient (Wildman–Crippen LogP) is 8.95. The van der Waals surface area contributed by atoms with Crippen LogP contribution in [0, 0.1) is 0 Å². The molecule has 0 radical (unpaired) electrons. The van der Waals surface area contributed by atoms with Crippen molar-refractivity contribution in [3.63, 3.8) is 0 Å². The van der Waals surface area contributed by atoms with Crippen LogP contribution in [-0.2, 0) is 29.5 Å². The molecule has 11 heterocycles. The third-order valence-corrected chi connectivity index (χ3v) is 18.4. The standard InChI is InChI=1S/C28H35Cl2N7O5S.C26H33ClN8O3S.C4H8O.C3H7N.ClH/c1-28(2,3)42-27(39)31-18-10-12-35(16-18)25-15-23(30)32-24-14-21(33-37(24)25)22-7-5-6-11-36(22)26(38)19-13-17(29)8-9-20(19)34-43(4,40)41;1-39(37,38)31-20-7-6-17(27)13-19(20)26(36)34-11-3-2-5-22(34)21-14-24-29-23(32-9-4-10-32)15-25(35(24)30-21)33-12-8-18(28)16-33;1-2-4-5-3-1;1-2-4-3-1;/h8-9,13-15,18,22,34H,5-7,10-12,16H2,1-4H3,(H,31,39);6-7,13-15,18,22,31H,2-5,8-12,16,28H2,1H3;1-4H2;4H,1-3H2;1H/t2*18-,22-;;;/m00.../s1. The zero-order valence-electron chi connectivity index (χ0n) is 52.6. The quantitative estimate of drug-likeness (QED) is 0.0714. The molecule has 0 aliphatic carbocycles. The van der Waals surface area contributed by atoms with Crippen molar-refractivity contribution >= 4 is 125 Å². The second kappa shape index (κ2) is 30.5. The maximum absolute atomic E-state index is 13.9. The van der Waals surface area contributed by atoms with Crippen molar-refractivity contribution in [2.45, 2.75) is 128 Å². The number of alkyl carbamates (subject to hydrolysis) is 1. The summed E-state index contributed by atoms with van der Waals surface area (Å²) in [5, 5.41) is 16.9. The van der Waals surface area contributed by atoms with E-state index >= 15 is 0 Å². The van der Waals surface area contributed by atoms with Crippen LogP contribution in [0.25, 0.3) is 11.3 Å². The van der Waals surface area contributed by atoms with Gasteiger partial charge >= 0.3 is 6.09 Å². The number of sulfonamides is 2. The molecule has 7 saturated heterocycles. The summed E-state index contributed by atoms with van der Waals surface area (Å²) in [6, 6.07) is 16.1. The average Bonchev–Trinajstić information content (AvgIpc) is 1.58. The summed E-state index contributed by atoms with van der Waals surface area (Å²) in [5.41, 5.74) is 9.08. The Hall–Kier alpha value is -6.17. The van der Waals surface area contributed by atoms with E-state index in [1.807, 2.05) is 37.4 Å². The molecule has 6 N–H and O–H groups in total. The van der Waals surface area contributed by atoms with Gasteiger partial charge in [0.25, 0.3) is 11.8 Å². The van der Waals surface area contributed by atoms with Gasteiger partial charge in [-0.1, -0.05) is 34.8 Å². The summed E-state index contributed by atoms with van der Waals surface area (Å²) in [6.45, 7) is 15.7. The number of anilines is 5. The number of rotatable bonds is 12. The van der Waals surface area contributed by atoms with Crippen LogP contribution < -0.4 is 40.5 Å². The van der Waals surface area contributed by atoms with Gasteiger partial charge in [0.2, 0.25) is 20.0 Å². The van der Waals surface area contributed by atoms with Gasteiger partial charge < -0.3 is 50.3 Å². The van der Waals surface area contributed by atoms with Gasteiger partial charge in [-0.25, -0.2) is 31.6 Å². The zero-order valence-corrected chi connectivity index (χ0v) is 57.3. The summed E-state index contributed by atoms with van der Waals surface area (Å²) in [5.74, 6) is 1.98. The first-order chi connectivity index (χ1) is 43.3. The number of piperidine rings is 2. The second-order valence-electron chi connectivity index (χ2n) is 25.1. The summed E-state index contributed by atoms with van der Waals surface area (Å²) in [7, 11) is -7.22. The third-order valence-electron chi connectivity index (χ3n) is 16.5. The first-order valence-corrected chi connectivity index (χ1v) is 36.2. The van der Waals surface area contributed by atoms with Gasteiger partial charge in [-0.2, -0.15) is 19.2 Å². The van der Waals surface area contributed by atoms with Crippen LogP contribution in [0.2, 0.25) is 15.2 Å². The largest absolute Gasteiger partial charge is 0.444 e. The van der Waals surface area contributed by atoms with Gasteiger partial charge in [0.15, 0.2) is 11.3 Å². The fourth-order valence-corrected chi connectivity index (χ4v) is 13.6. The van der Waals surface area contributed by atoms with Crippen LogP contribution in [0.15, 0.2) is 60.7 Å². The van der Waals surface area contributed by atoms with E-state index in [4.69, 9.17) is 65.2 Å². The molecule has 0 bridgehead atoms. The highest BCUT2D eigenvalue weighted by Gasteiger charge is 2.36. The van der Waals surface area contributed by atoms with Crippen molar-refractivity contribution in [3.05, 3.63) is 98.4 Å². The summed E-state index contributed by atoms with van der Waals surface area (Å²) in [6.07, 6.45) is 13.2. The minimum absolute atomic E-state index is 0. The van der Waals surface area contributed by atoms with Gasteiger partial charge in [-0.05, 0) is 147 Å². The molecule has 2 aromatic carbocycles. The number of nitrogens with one attached hydrogen (secondary N) is 4. The molecule has 7 aliphatic rings. The van der Waals surface area contributed by atoms with Crippen molar-refractivity contribution < 1.29 is 40.7 Å². The monoisotopic (exact) mass is 1390 g/mol. The number of ether oxygens (including phenoxy) is 2. The SMILES string of the molecule is C1CCOC1.C1CNC1.CC(C)(C)OC(=O)N[C@H]1CCN(c2cc(Cl)nc3cc([C@@H]4CCCCN4C(=O)c4cc(Cl)ccc4NS(C)(=O)=O)nn23)C1.CS(=O)(=O)Nc1ccc(Cl)cc1C(=O)N1CCCC[C@H]1c1cc2nc(N3CCC3)cc(N3CC[C@H](N)C3)n2n1.Cl. The highest BCUT2D eigenvalue weighted by Crippen LogP contribution is 2.38. The molecule has 31 heteroatoms. The Balaban J connectivity index is 0.000000189. The van der Waals surface area contributed by atoms with Crippen LogP contribution in [-0.4, -0.2) is 183 Å². The van der Waals surface area contributed by atoms with Crippen LogP contribution >= 0.6 is 47.2 Å². The molecule has 7 aliphatic heterocycles. The number of aromatic nitrogens is 6. The zero-order chi connectivity index (χ0) is 64.8. The van der Waals surface area contributed by atoms with Crippen LogP contribution in [0.3, 0.4) is 0 Å². The molecule has 25 nitrogen and oxygen atoms in total. The third kappa shape index (κ3) is 18.2. The molecule has 92 heavy (non-hydrogen) atoms. The molecular formula is C61H84Cl4N16O9S2. The number of likely N-dealkylation sites (tertiary alicyclic amines) is 2. The summed E-state index contributed by atoms with van der Waals surface area (Å²) in [4.78, 5) is 59.7. The molecule has 13 rings (SSSR count). The molecule has 4 aromatic heterocycles. The molecule has 0 spiro atoms. The number of benzene rings is 2. The fraction of sp³-hybridized carbons (Fsp3) is 0.557. The van der Waals surface area contributed by atoms with Crippen LogP contribution in [0.1, 0.15) is 142 Å². The van der Waals surface area contributed by atoms with E-state index in [1.165, 1.54) is 62.7 Å². The van der Waals surface area contributed by atoms with Crippen molar-refractivity contribution in [1.29, 1.82) is 0 Å². The van der Waals surface area contributed by atoms with Crippen LogP contribution in [0.5, 0.6) is 0 Å². The van der Waals surface area contributed by atoms with Crippen molar-refractivity contribution in [3.8, 4) is 0 Å². The smallest absolute Gasteiger partial charge is 0.407 e. The van der Waals surface area contributed by atoms with Gasteiger partial charge in [0.05, 0.1) is 64.5 Å². The predicted molar refractivity (Wildman–Crippen MR) is 362 cm³/mol. The summed E-state index contributed by atoms with van der Waals surface area (Å²) >= 11 is 18.9. The van der Waals surface area contributed by atoms with E-state index in [1.54, 1.807) is 26.4 Å². The number of carbonyl (C=O) groups excluding carboxylic acids is 3. The van der Waals surface area contributed by atoms with E-state index in [-0.39, 0.29) is 70.9 Å². The van der Waals surface area contributed by atoms with Gasteiger partial charge in [-0.15, -0.1) is 12.4 Å². The van der Waals surface area contributed by atoms with Gasteiger partial charge in [0, 0.05) is 106 Å². The highest BCUT2D eigenvalue weighted by molar-refractivity contribution is 7.92. The van der Waals surface area contributed by atoms with Crippen molar-refractivity contribution in [2.75, 3.05) is 115 Å². The number of nitrogens with zero attached hydrogens (tertiary/aromatic N) is 11. The number of fused-ring (bicyclic) bond motifs is 2. The van der Waals surface area contributed by atoms with Crippen molar-refractivity contribution in [1.82, 2.24) is 49.6 Å². The maximum atomic E-state index is 13.9. The molecule has 3 amide bonds. The molecule has 0 unspecified atom stereocenters. The van der Waals surface area contributed by atoms with E-state index in [2.05, 4.69) is 45.8 Å². The maximum Gasteiger partial charge on any atom is 0.407 e. The highest BCUT2D eigenvalue weighted by atomic mass is 35.5. The lowest BCUT2D eigenvalue weighted by molar-refractivity contribution is 0.0507. The van der Waals surface area contributed by atoms with Crippen LogP contribution in [0.4, 0.5) is 33.6 Å². The molecule has 0 saturated carbocycles. The Bertz CT molecular complexity index is 3810. The molecule has 7 fully saturated rings. The first-order valence-electron chi connectivity index (χ1n) is 31.2. The Morgan fingerprint density at radius 1 is 0.620 bits per heavy atom. The lowest BCUT2D eigenvalue weighted by Crippen LogP contribution is -2.40. The fourth-order valence-electron chi connectivity index (χ4n) is 11.9. The number of amides is 3. The number of hydrogen-bond acceptors (Lipinski definition) is 18. The van der Waals surface area contributed by atoms with Gasteiger partial charge in [-0.3, -0.25) is 19.0 Å². The Morgan fingerprint density at radius 3 is 1.57 bits per heavy atom. The van der Waals surface area contributed by atoms with Gasteiger partial charge in [0.1, 0.15) is 28.2 Å². The molecule has 502 valence electrons. The lowest BCUT2D eigenvalue weighted by Gasteiger charge is -2.35. The molecule has 6 aromatic rings. The van der Waals surface area contributed by atoms with Crippen molar-refractivity contribution in [2.24, 2.45) is 5.73 Å². The minimum atomic E-state index is -3.63. The minimum Gasteiger partial charge on any atom is -0.444 e. The lowest BCUT2D eigenvalue weighted by atomic mass is 9.98. The Kier molecular flexibility index (Phi) is 23.2. The van der Waals surface area contributed by atoms with E-state index in [0.717, 1.165) is 126 Å². The number of carbonyl (C=O) groups is 3. The number of halogens is 4. The summed E-state index contributed by atoms with van der Waals surface area (Å²) < 4.78 is 66.8. The van der Waals surface area contributed by atoms with E-state index < -0.39 is 31.7 Å². The molecular weight excluding hydrogens is 1310 g/mol. The second-order valence-corrected chi connectivity index (χ2v) is 29.8. The topological polar surface area (TPSA) is 289 Å². The average molecular weight is 1390 g/mol. The number of nitrogens with two attached hydrogens (primary N) is 1. The normalized spacial score (nSPS) is 20.7. The van der Waals surface area contributed by atoms with E-state index in [9.17, 15) is 31.2 Å². The Labute approximate surface area is 559 Å².